The molecule has 0 aliphatic carbocycles. The molecular weight excluding hydrogens is 570 g/mol. The number of likely N-dealkylation sites (tertiary alicyclic amines) is 1. The number of aliphatic hydroxyl groups is 2. The van der Waals surface area contributed by atoms with Gasteiger partial charge in [-0.1, -0.05) is 60.7 Å². The van der Waals surface area contributed by atoms with Gasteiger partial charge in [-0.15, -0.1) is 0 Å². The summed E-state index contributed by atoms with van der Waals surface area (Å²) >= 11 is 0. The molecule has 238 valence electrons. The molecule has 0 aromatic heterocycles. The van der Waals surface area contributed by atoms with Crippen LogP contribution in [0.15, 0.2) is 60.7 Å². The van der Waals surface area contributed by atoms with Crippen molar-refractivity contribution >= 4 is 29.7 Å². The molecule has 5 amide bonds. The van der Waals surface area contributed by atoms with Gasteiger partial charge in [0, 0.05) is 13.0 Å². The Morgan fingerprint density at radius 3 is 2.25 bits per heavy atom. The van der Waals surface area contributed by atoms with E-state index in [-0.39, 0.29) is 26.0 Å². The molecule has 0 spiro atoms. The fourth-order valence-electron chi connectivity index (χ4n) is 4.84. The number of aryl methyl sites for hydroxylation is 1. The first-order valence-electron chi connectivity index (χ1n) is 14.4. The number of nitrogens with two attached hydrogens (primary N) is 1. The van der Waals surface area contributed by atoms with Gasteiger partial charge in [0.05, 0.1) is 24.6 Å². The van der Waals surface area contributed by atoms with Crippen LogP contribution in [0.3, 0.4) is 0 Å². The number of hydrogen-bond donors (Lipinski definition) is 6. The van der Waals surface area contributed by atoms with Gasteiger partial charge in [0.25, 0.3) is 5.91 Å². The number of rotatable bonds is 14. The van der Waals surface area contributed by atoms with Gasteiger partial charge >= 0.3 is 6.09 Å². The second kappa shape index (κ2) is 15.3. The lowest BCUT2D eigenvalue weighted by Gasteiger charge is -2.39. The highest BCUT2D eigenvalue weighted by atomic mass is 16.5. The SMILES string of the molecule is CC(C)(CO)NC(=O)[C@@]1(O)[C@@H](NC(=O)[C@H](CC(N)=O)NC(=O)OCc2ccccc2)CCN1C(=O)CCCc1ccccc1. The number of nitrogens with zero attached hydrogens (tertiary/aromatic N) is 1. The smallest absolute Gasteiger partial charge is 0.408 e. The molecule has 44 heavy (non-hydrogen) atoms. The maximum Gasteiger partial charge on any atom is 0.408 e. The van der Waals surface area contributed by atoms with Crippen LogP contribution in [0.1, 0.15) is 50.7 Å². The van der Waals surface area contributed by atoms with E-state index in [0.29, 0.717) is 18.4 Å². The summed E-state index contributed by atoms with van der Waals surface area (Å²) in [4.78, 5) is 65.4. The standard InChI is InChI=1S/C31H41N5O8/c1-30(2,20-37)35-28(41)31(43)24(16-17-36(31)26(39)15-9-14-21-10-5-3-6-11-21)34-27(40)23(18-25(32)38)33-29(42)44-19-22-12-7-4-8-13-22/h3-8,10-13,23-24,37,43H,9,14-20H2,1-2H3,(H2,32,38)(H,33,42)(H,34,40)(H,35,41)/t23-,24-,31-/m0/s1. The van der Waals surface area contributed by atoms with E-state index < -0.39 is 66.1 Å². The normalized spacial score (nSPS) is 18.6. The molecule has 1 saturated heterocycles. The Hall–Kier alpha value is -4.49. The number of nitrogens with one attached hydrogen (secondary N) is 3. The number of hydrogen-bond acceptors (Lipinski definition) is 8. The van der Waals surface area contributed by atoms with E-state index in [4.69, 9.17) is 10.5 Å². The lowest BCUT2D eigenvalue weighted by atomic mass is 9.99. The van der Waals surface area contributed by atoms with Crippen molar-refractivity contribution in [2.24, 2.45) is 5.73 Å². The van der Waals surface area contributed by atoms with Crippen molar-refractivity contribution in [2.45, 2.75) is 75.9 Å². The lowest BCUT2D eigenvalue weighted by molar-refractivity contribution is -0.173. The quantitative estimate of drug-likeness (QED) is 0.177. The van der Waals surface area contributed by atoms with Crippen molar-refractivity contribution in [1.82, 2.24) is 20.9 Å². The van der Waals surface area contributed by atoms with E-state index in [2.05, 4.69) is 16.0 Å². The summed E-state index contributed by atoms with van der Waals surface area (Å²) < 4.78 is 5.15. The topological polar surface area (TPSA) is 200 Å². The molecule has 13 heteroatoms. The van der Waals surface area contributed by atoms with Crippen molar-refractivity contribution in [3.05, 3.63) is 71.8 Å². The van der Waals surface area contributed by atoms with Crippen molar-refractivity contribution < 1.29 is 38.9 Å². The summed E-state index contributed by atoms with van der Waals surface area (Å²) in [6.45, 7) is 2.42. The Morgan fingerprint density at radius 2 is 1.66 bits per heavy atom. The first kappa shape index (κ1) is 34.0. The third-order valence-electron chi connectivity index (χ3n) is 7.26. The molecule has 2 aromatic carbocycles. The first-order valence-corrected chi connectivity index (χ1v) is 14.4. The van der Waals surface area contributed by atoms with Crippen LogP contribution in [0.2, 0.25) is 0 Å². The zero-order valence-electron chi connectivity index (χ0n) is 25.0. The van der Waals surface area contributed by atoms with Crippen LogP contribution in [0.5, 0.6) is 0 Å². The van der Waals surface area contributed by atoms with Gasteiger partial charge < -0.3 is 41.5 Å². The third-order valence-corrected chi connectivity index (χ3v) is 7.26. The van der Waals surface area contributed by atoms with E-state index in [1.54, 1.807) is 30.3 Å². The molecule has 1 fully saturated rings. The molecular formula is C31H41N5O8. The Morgan fingerprint density at radius 1 is 1.05 bits per heavy atom. The molecule has 13 nitrogen and oxygen atoms in total. The lowest BCUT2D eigenvalue weighted by Crippen LogP contribution is -2.69. The Bertz CT molecular complexity index is 1310. The summed E-state index contributed by atoms with van der Waals surface area (Å²) in [7, 11) is 0. The fourth-order valence-corrected chi connectivity index (χ4v) is 4.84. The highest BCUT2D eigenvalue weighted by molar-refractivity contribution is 5.94. The largest absolute Gasteiger partial charge is 0.445 e. The van der Waals surface area contributed by atoms with E-state index in [1.807, 2.05) is 30.3 Å². The van der Waals surface area contributed by atoms with Crippen molar-refractivity contribution in [1.29, 1.82) is 0 Å². The van der Waals surface area contributed by atoms with E-state index >= 15 is 0 Å². The minimum absolute atomic E-state index is 0.0125. The molecule has 1 aliphatic rings. The summed E-state index contributed by atoms with van der Waals surface area (Å²) in [5.41, 5.74) is 3.34. The second-order valence-corrected chi connectivity index (χ2v) is 11.4. The minimum Gasteiger partial charge on any atom is -0.445 e. The van der Waals surface area contributed by atoms with E-state index in [9.17, 15) is 34.2 Å². The van der Waals surface area contributed by atoms with Crippen LogP contribution in [0.25, 0.3) is 0 Å². The summed E-state index contributed by atoms with van der Waals surface area (Å²) in [6, 6.07) is 15.5. The molecule has 3 atom stereocenters. The number of amides is 5. The van der Waals surface area contributed by atoms with Crippen LogP contribution in [0, 0.1) is 0 Å². The maximum atomic E-state index is 13.5. The highest BCUT2D eigenvalue weighted by Crippen LogP contribution is 2.30. The highest BCUT2D eigenvalue weighted by Gasteiger charge is 2.56. The van der Waals surface area contributed by atoms with Gasteiger partial charge in [-0.3, -0.25) is 19.2 Å². The number of alkyl carbamates (subject to hydrolysis) is 1. The molecule has 0 bridgehead atoms. The minimum atomic E-state index is -2.53. The Labute approximate surface area is 256 Å². The van der Waals surface area contributed by atoms with Crippen molar-refractivity contribution in [3.8, 4) is 0 Å². The van der Waals surface area contributed by atoms with Crippen molar-refractivity contribution in [2.75, 3.05) is 13.2 Å². The van der Waals surface area contributed by atoms with Crippen molar-refractivity contribution in [3.63, 3.8) is 0 Å². The zero-order valence-corrected chi connectivity index (χ0v) is 25.0. The molecule has 1 aliphatic heterocycles. The van der Waals surface area contributed by atoms with Gasteiger partial charge in [-0.2, -0.15) is 0 Å². The van der Waals surface area contributed by atoms with Gasteiger partial charge in [-0.25, -0.2) is 4.79 Å². The molecule has 2 aromatic rings. The molecule has 0 radical (unpaired) electrons. The van der Waals surface area contributed by atoms with Gasteiger partial charge in [0.1, 0.15) is 12.6 Å². The summed E-state index contributed by atoms with van der Waals surface area (Å²) in [5, 5.41) is 28.9. The average Bonchev–Trinajstić information content (AvgIpc) is 3.33. The summed E-state index contributed by atoms with van der Waals surface area (Å²) in [5.74, 6) is -3.32. The number of aliphatic hydroxyl groups excluding tert-OH is 1. The molecule has 7 N–H and O–H groups in total. The van der Waals surface area contributed by atoms with Crippen LogP contribution in [-0.4, -0.2) is 81.3 Å². The van der Waals surface area contributed by atoms with Crippen LogP contribution in [0.4, 0.5) is 4.79 Å². The number of benzene rings is 2. The van der Waals surface area contributed by atoms with Gasteiger partial charge in [-0.05, 0) is 44.2 Å². The third kappa shape index (κ3) is 9.25. The van der Waals surface area contributed by atoms with Crippen LogP contribution in [-0.2, 0) is 36.9 Å². The second-order valence-electron chi connectivity index (χ2n) is 11.4. The number of carbonyl (C=O) groups excluding carboxylic acids is 5. The molecule has 0 saturated carbocycles. The monoisotopic (exact) mass is 611 g/mol. The van der Waals surface area contributed by atoms with E-state index in [1.165, 1.54) is 13.8 Å². The summed E-state index contributed by atoms with van der Waals surface area (Å²) in [6.07, 6.45) is -0.525. The van der Waals surface area contributed by atoms with Crippen LogP contribution >= 0.6 is 0 Å². The molecule has 0 unspecified atom stereocenters. The fraction of sp³-hybridized carbons (Fsp3) is 0.452. The molecule has 1 heterocycles. The Balaban J connectivity index is 1.75. The van der Waals surface area contributed by atoms with E-state index in [0.717, 1.165) is 10.5 Å². The predicted octanol–water partition coefficient (Wildman–Crippen LogP) is 0.473. The van der Waals surface area contributed by atoms with Gasteiger partial charge in [0.15, 0.2) is 0 Å². The number of carbonyl (C=O) groups is 5. The first-order chi connectivity index (χ1) is 20.9. The van der Waals surface area contributed by atoms with Gasteiger partial charge in [0.2, 0.25) is 23.4 Å². The predicted molar refractivity (Wildman–Crippen MR) is 159 cm³/mol. The average molecular weight is 612 g/mol. The number of ether oxygens (including phenoxy) is 1. The van der Waals surface area contributed by atoms with Crippen LogP contribution < -0.4 is 21.7 Å². The maximum absolute atomic E-state index is 13.5. The Kier molecular flexibility index (Phi) is 11.8. The zero-order chi connectivity index (χ0) is 32.3. The molecule has 3 rings (SSSR count). The number of primary amides is 1.